The smallest absolute Gasteiger partial charge is 0.270 e. The third-order valence-corrected chi connectivity index (χ3v) is 10.0. The molecule has 0 radical (unpaired) electrons. The summed E-state index contributed by atoms with van der Waals surface area (Å²) in [5.41, 5.74) is 4.76. The lowest BCUT2D eigenvalue weighted by Gasteiger charge is -2.13. The molecule has 0 saturated heterocycles. The molecule has 9 nitrogen and oxygen atoms in total. The van der Waals surface area contributed by atoms with E-state index < -0.39 is 4.92 Å². The molecule has 45 heavy (non-hydrogen) atoms. The number of carbonyl (C=O) groups is 1. The molecule has 0 unspecified atom stereocenters. The fraction of sp³-hybridized carbons (Fsp3) is 0.212. The highest BCUT2D eigenvalue weighted by atomic mass is 35.5. The number of carbonyl (C=O) groups excluding carboxylic acids is 1. The summed E-state index contributed by atoms with van der Waals surface area (Å²) >= 11 is 9.09. The van der Waals surface area contributed by atoms with Crippen LogP contribution in [0.25, 0.3) is 11.4 Å². The van der Waals surface area contributed by atoms with Gasteiger partial charge < -0.3 is 9.88 Å². The SMILES string of the molecule is CCn1c(Sc2ccc([N+](=O)[O-])cc2C=Nc2sc3c(c2C(=O)Nc2ccc(C)cc2)CCCC3)nnc1-c1cccc(Cl)c1. The molecule has 1 aliphatic rings. The molecule has 12 heteroatoms. The lowest BCUT2D eigenvalue weighted by Crippen LogP contribution is -2.14. The minimum absolute atomic E-state index is 0.0554. The Labute approximate surface area is 273 Å². The van der Waals surface area contributed by atoms with E-state index in [1.165, 1.54) is 40.1 Å². The molecule has 2 aromatic heterocycles. The average molecular weight is 657 g/mol. The van der Waals surface area contributed by atoms with Crippen LogP contribution in [0.5, 0.6) is 0 Å². The third kappa shape index (κ3) is 6.70. The molecule has 0 saturated carbocycles. The first-order valence-corrected chi connectivity index (χ1v) is 16.5. The lowest BCUT2D eigenvalue weighted by atomic mass is 9.95. The maximum absolute atomic E-state index is 13.6. The first kappa shape index (κ1) is 30.7. The van der Waals surface area contributed by atoms with E-state index in [4.69, 9.17) is 16.6 Å². The number of fused-ring (bicyclic) bond motifs is 1. The number of amides is 1. The van der Waals surface area contributed by atoms with Gasteiger partial charge in [-0.2, -0.15) is 0 Å². The molecule has 6 rings (SSSR count). The number of anilines is 1. The van der Waals surface area contributed by atoms with Crippen molar-refractivity contribution in [3.63, 3.8) is 0 Å². The van der Waals surface area contributed by atoms with Crippen LogP contribution in [0.4, 0.5) is 16.4 Å². The summed E-state index contributed by atoms with van der Waals surface area (Å²) in [6.45, 7) is 4.60. The molecule has 0 aliphatic heterocycles. The minimum Gasteiger partial charge on any atom is -0.322 e. The van der Waals surface area contributed by atoms with Gasteiger partial charge in [0.05, 0.1) is 10.5 Å². The Morgan fingerprint density at radius 3 is 2.69 bits per heavy atom. The summed E-state index contributed by atoms with van der Waals surface area (Å²) in [5, 5.41) is 25.4. The molecule has 1 amide bonds. The van der Waals surface area contributed by atoms with Crippen LogP contribution in [-0.4, -0.2) is 31.8 Å². The third-order valence-electron chi connectivity index (χ3n) is 7.53. The highest BCUT2D eigenvalue weighted by Gasteiger charge is 2.26. The number of non-ortho nitro benzene ring substituents is 1. The Bertz CT molecular complexity index is 1930. The summed E-state index contributed by atoms with van der Waals surface area (Å²) in [4.78, 5) is 31.6. The molecular formula is C33H29ClN6O3S2. The quantitative estimate of drug-likeness (QED) is 0.0962. The van der Waals surface area contributed by atoms with E-state index in [-0.39, 0.29) is 11.6 Å². The summed E-state index contributed by atoms with van der Waals surface area (Å²) in [6.07, 6.45) is 5.41. The van der Waals surface area contributed by atoms with Gasteiger partial charge in [0.25, 0.3) is 11.6 Å². The Kier molecular flexibility index (Phi) is 9.11. The molecule has 1 aliphatic carbocycles. The zero-order valence-electron chi connectivity index (χ0n) is 24.6. The molecule has 228 valence electrons. The van der Waals surface area contributed by atoms with Gasteiger partial charge in [0, 0.05) is 56.5 Å². The fourth-order valence-corrected chi connectivity index (χ4v) is 7.66. The standard InChI is InChI=1S/C33H29ClN6O3S2/c1-3-39-30(21-7-6-8-23(34)17-21)37-38-33(39)45-27-16-15-25(40(42)43)18-22(27)19-35-32-29(26-9-4-5-10-28(26)44-32)31(41)36-24-13-11-20(2)12-14-24/h6-8,11-19H,3-5,9-10H2,1-2H3,(H,36,41). The number of hydrogen-bond donors (Lipinski definition) is 1. The van der Waals surface area contributed by atoms with E-state index in [0.29, 0.717) is 44.4 Å². The van der Waals surface area contributed by atoms with Gasteiger partial charge in [-0.15, -0.1) is 21.5 Å². The van der Waals surface area contributed by atoms with Gasteiger partial charge >= 0.3 is 0 Å². The molecule has 5 aromatic rings. The summed E-state index contributed by atoms with van der Waals surface area (Å²) in [7, 11) is 0. The summed E-state index contributed by atoms with van der Waals surface area (Å²) in [6, 6.07) is 19.8. The first-order chi connectivity index (χ1) is 21.8. The molecule has 0 fully saturated rings. The minimum atomic E-state index is -0.429. The zero-order chi connectivity index (χ0) is 31.5. The van der Waals surface area contributed by atoms with Gasteiger partial charge in [-0.3, -0.25) is 14.9 Å². The van der Waals surface area contributed by atoms with Crippen LogP contribution in [0.15, 0.2) is 81.8 Å². The van der Waals surface area contributed by atoms with Gasteiger partial charge in [0.1, 0.15) is 5.00 Å². The molecule has 0 bridgehead atoms. The average Bonchev–Trinajstić information content (AvgIpc) is 3.62. The van der Waals surface area contributed by atoms with E-state index in [0.717, 1.165) is 47.3 Å². The number of rotatable bonds is 9. The number of hydrogen-bond acceptors (Lipinski definition) is 8. The largest absolute Gasteiger partial charge is 0.322 e. The van der Waals surface area contributed by atoms with Crippen LogP contribution in [0.3, 0.4) is 0 Å². The number of thiophene rings is 1. The maximum Gasteiger partial charge on any atom is 0.270 e. The summed E-state index contributed by atoms with van der Waals surface area (Å²) < 4.78 is 1.97. The van der Waals surface area contributed by atoms with E-state index in [2.05, 4.69) is 15.5 Å². The van der Waals surface area contributed by atoms with Crippen LogP contribution in [0.1, 0.15) is 51.7 Å². The van der Waals surface area contributed by atoms with Crippen molar-refractivity contribution in [2.24, 2.45) is 4.99 Å². The Hall–Kier alpha value is -4.32. The highest BCUT2D eigenvalue weighted by Crippen LogP contribution is 2.41. The number of benzene rings is 3. The van der Waals surface area contributed by atoms with Gasteiger partial charge in [-0.1, -0.05) is 41.4 Å². The van der Waals surface area contributed by atoms with Crippen LogP contribution in [-0.2, 0) is 19.4 Å². The van der Waals surface area contributed by atoms with Crippen LogP contribution < -0.4 is 5.32 Å². The fourth-order valence-electron chi connectivity index (χ4n) is 5.27. The van der Waals surface area contributed by atoms with Crippen LogP contribution in [0.2, 0.25) is 5.02 Å². The number of nitrogens with zero attached hydrogens (tertiary/aromatic N) is 5. The van der Waals surface area contributed by atoms with Gasteiger partial charge in [-0.25, -0.2) is 4.99 Å². The van der Waals surface area contributed by atoms with Crippen molar-refractivity contribution in [2.75, 3.05) is 5.32 Å². The number of nitrogens with one attached hydrogen (secondary N) is 1. The number of halogens is 1. The Balaban J connectivity index is 1.36. The van der Waals surface area contributed by atoms with E-state index >= 15 is 0 Å². The predicted octanol–water partition coefficient (Wildman–Crippen LogP) is 8.93. The topological polar surface area (TPSA) is 115 Å². The second-order valence-electron chi connectivity index (χ2n) is 10.6. The number of aliphatic imine (C=N–C) groups is 1. The molecular weight excluding hydrogens is 628 g/mol. The van der Waals surface area contributed by atoms with Gasteiger partial charge in [0.15, 0.2) is 11.0 Å². The van der Waals surface area contributed by atoms with Crippen molar-refractivity contribution in [1.29, 1.82) is 0 Å². The van der Waals surface area contributed by atoms with Crippen molar-refractivity contribution < 1.29 is 9.72 Å². The van der Waals surface area contributed by atoms with Gasteiger partial charge in [-0.05, 0) is 87.2 Å². The molecule has 0 atom stereocenters. The van der Waals surface area contributed by atoms with Crippen molar-refractivity contribution in [2.45, 2.75) is 56.1 Å². The normalized spacial score (nSPS) is 12.8. The van der Waals surface area contributed by atoms with Crippen LogP contribution in [0, 0.1) is 17.0 Å². The number of nitro benzene ring substituents is 1. The van der Waals surface area contributed by atoms with E-state index in [1.807, 2.05) is 60.9 Å². The second-order valence-corrected chi connectivity index (χ2v) is 13.1. The lowest BCUT2D eigenvalue weighted by molar-refractivity contribution is -0.384. The predicted molar refractivity (Wildman–Crippen MR) is 181 cm³/mol. The van der Waals surface area contributed by atoms with Crippen molar-refractivity contribution >= 4 is 63.2 Å². The Morgan fingerprint density at radius 1 is 1.13 bits per heavy atom. The zero-order valence-corrected chi connectivity index (χ0v) is 27.0. The van der Waals surface area contributed by atoms with Crippen LogP contribution >= 0.6 is 34.7 Å². The monoisotopic (exact) mass is 656 g/mol. The second kappa shape index (κ2) is 13.4. The maximum atomic E-state index is 13.6. The Morgan fingerprint density at radius 2 is 1.93 bits per heavy atom. The number of nitro groups is 1. The highest BCUT2D eigenvalue weighted by molar-refractivity contribution is 7.99. The first-order valence-electron chi connectivity index (χ1n) is 14.5. The molecule has 0 spiro atoms. The molecule has 2 heterocycles. The van der Waals surface area contributed by atoms with E-state index in [1.54, 1.807) is 18.3 Å². The number of aryl methyl sites for hydroxylation is 2. The summed E-state index contributed by atoms with van der Waals surface area (Å²) in [5.74, 6) is 0.469. The van der Waals surface area contributed by atoms with Crippen molar-refractivity contribution in [1.82, 2.24) is 14.8 Å². The molecule has 1 N–H and O–H groups in total. The van der Waals surface area contributed by atoms with Crippen molar-refractivity contribution in [3.05, 3.63) is 109 Å². The van der Waals surface area contributed by atoms with Gasteiger partial charge in [0.2, 0.25) is 0 Å². The number of aromatic nitrogens is 3. The van der Waals surface area contributed by atoms with E-state index in [9.17, 15) is 14.9 Å². The van der Waals surface area contributed by atoms with Crippen molar-refractivity contribution in [3.8, 4) is 11.4 Å². The molecule has 3 aromatic carbocycles.